The minimum atomic E-state index is -1.17. The molecular formula is C13H24O6. The second kappa shape index (κ2) is 8.87. The summed E-state index contributed by atoms with van der Waals surface area (Å²) in [6, 6.07) is 0. The summed E-state index contributed by atoms with van der Waals surface area (Å²) in [4.78, 5) is 22.3. The molecule has 0 saturated heterocycles. The third kappa shape index (κ3) is 8.56. The highest BCUT2D eigenvalue weighted by molar-refractivity contribution is 5.74. The van der Waals surface area contributed by atoms with E-state index >= 15 is 0 Å². The third-order valence-electron chi connectivity index (χ3n) is 2.41. The maximum absolute atomic E-state index is 11.2. The average molecular weight is 276 g/mol. The quantitative estimate of drug-likeness (QED) is 0.627. The zero-order chi connectivity index (χ0) is 15.0. The first-order valence-electron chi connectivity index (χ1n) is 6.43. The molecule has 0 aromatic rings. The van der Waals surface area contributed by atoms with Crippen molar-refractivity contribution >= 4 is 11.9 Å². The molecular weight excluding hydrogens is 252 g/mol. The molecule has 0 saturated carbocycles. The molecule has 0 heterocycles. The van der Waals surface area contributed by atoms with Crippen LogP contribution in [-0.4, -0.2) is 47.6 Å². The number of hydrogen-bond acceptors (Lipinski definition) is 6. The van der Waals surface area contributed by atoms with Crippen LogP contribution < -0.4 is 0 Å². The van der Waals surface area contributed by atoms with Crippen LogP contribution in [-0.2, 0) is 19.1 Å². The molecule has 112 valence electrons. The van der Waals surface area contributed by atoms with Gasteiger partial charge in [-0.05, 0) is 26.2 Å². The van der Waals surface area contributed by atoms with Crippen molar-refractivity contribution in [3.05, 3.63) is 0 Å². The molecule has 6 heteroatoms. The van der Waals surface area contributed by atoms with Gasteiger partial charge in [-0.2, -0.15) is 0 Å². The van der Waals surface area contributed by atoms with Crippen molar-refractivity contribution in [1.29, 1.82) is 0 Å². The van der Waals surface area contributed by atoms with Gasteiger partial charge in [0, 0.05) is 5.92 Å². The Balaban J connectivity index is 4.23. The van der Waals surface area contributed by atoms with Crippen LogP contribution in [0.5, 0.6) is 0 Å². The van der Waals surface area contributed by atoms with E-state index in [-0.39, 0.29) is 19.1 Å². The maximum Gasteiger partial charge on any atom is 0.334 e. The first kappa shape index (κ1) is 17.9. The Morgan fingerprint density at radius 2 is 1.26 bits per heavy atom. The van der Waals surface area contributed by atoms with Gasteiger partial charge in [0.15, 0.2) is 0 Å². The summed E-state index contributed by atoms with van der Waals surface area (Å²) in [5, 5.41) is 18.0. The summed E-state index contributed by atoms with van der Waals surface area (Å²) in [7, 11) is 0. The molecule has 0 unspecified atom stereocenters. The van der Waals surface area contributed by atoms with E-state index in [1.54, 1.807) is 0 Å². The van der Waals surface area contributed by atoms with Crippen LogP contribution in [0.3, 0.4) is 0 Å². The Morgan fingerprint density at radius 3 is 1.53 bits per heavy atom. The van der Waals surface area contributed by atoms with Crippen molar-refractivity contribution in [2.45, 2.75) is 46.3 Å². The molecule has 0 aliphatic heterocycles. The van der Waals surface area contributed by atoms with E-state index in [0.717, 1.165) is 0 Å². The number of carbonyl (C=O) groups is 2. The van der Waals surface area contributed by atoms with Gasteiger partial charge in [0.25, 0.3) is 0 Å². The summed E-state index contributed by atoms with van der Waals surface area (Å²) in [6.45, 7) is 6.81. The van der Waals surface area contributed by atoms with E-state index in [4.69, 9.17) is 19.7 Å². The molecule has 0 radical (unpaired) electrons. The number of hydrogen-bond donors (Lipinski definition) is 2. The normalized spacial score (nSPS) is 14.3. The molecule has 0 amide bonds. The fourth-order valence-electron chi connectivity index (χ4n) is 1.49. The van der Waals surface area contributed by atoms with E-state index in [1.807, 2.05) is 13.8 Å². The van der Waals surface area contributed by atoms with Crippen molar-refractivity contribution < 1.29 is 29.3 Å². The second-order valence-corrected chi connectivity index (χ2v) is 5.11. The lowest BCUT2D eigenvalue weighted by Gasteiger charge is -2.19. The standard InChI is InChI=1S/C13H24O6/c1-8(2)5-11(6-18-12(16)9(3)14)7-19-13(17)10(4)15/h8-11,14-15H,5-7H2,1-4H3/t9-,10-/m1/s1. The molecule has 2 N–H and O–H groups in total. The van der Waals surface area contributed by atoms with E-state index in [2.05, 4.69) is 0 Å². The molecule has 0 aromatic heterocycles. The van der Waals surface area contributed by atoms with E-state index < -0.39 is 24.1 Å². The Labute approximate surface area is 113 Å². The molecule has 0 aliphatic carbocycles. The number of aliphatic hydroxyl groups excluding tert-OH is 2. The van der Waals surface area contributed by atoms with E-state index in [9.17, 15) is 9.59 Å². The van der Waals surface area contributed by atoms with Crippen LogP contribution in [0.15, 0.2) is 0 Å². The number of esters is 2. The predicted molar refractivity (Wildman–Crippen MR) is 68.2 cm³/mol. The molecule has 0 aromatic carbocycles. The van der Waals surface area contributed by atoms with Gasteiger partial charge in [-0.1, -0.05) is 13.8 Å². The largest absolute Gasteiger partial charge is 0.463 e. The smallest absolute Gasteiger partial charge is 0.334 e. The Hall–Kier alpha value is -1.14. The van der Waals surface area contributed by atoms with Crippen LogP contribution in [0, 0.1) is 11.8 Å². The van der Waals surface area contributed by atoms with E-state index in [1.165, 1.54) is 13.8 Å². The molecule has 0 aliphatic rings. The molecule has 19 heavy (non-hydrogen) atoms. The lowest BCUT2D eigenvalue weighted by atomic mass is 9.98. The fraction of sp³-hybridized carbons (Fsp3) is 0.846. The Bertz CT molecular complexity index is 261. The number of aliphatic hydroxyl groups is 2. The van der Waals surface area contributed by atoms with Crippen LogP contribution in [0.2, 0.25) is 0 Å². The topological polar surface area (TPSA) is 93.1 Å². The van der Waals surface area contributed by atoms with Crippen LogP contribution in [0.4, 0.5) is 0 Å². The molecule has 0 rings (SSSR count). The highest BCUT2D eigenvalue weighted by atomic mass is 16.6. The monoisotopic (exact) mass is 276 g/mol. The van der Waals surface area contributed by atoms with Gasteiger partial charge < -0.3 is 19.7 Å². The molecule has 0 spiro atoms. The van der Waals surface area contributed by atoms with Gasteiger partial charge >= 0.3 is 11.9 Å². The van der Waals surface area contributed by atoms with Gasteiger partial charge in [0.1, 0.15) is 12.2 Å². The lowest BCUT2D eigenvalue weighted by molar-refractivity contribution is -0.158. The van der Waals surface area contributed by atoms with Crippen LogP contribution in [0.1, 0.15) is 34.1 Å². The van der Waals surface area contributed by atoms with Crippen molar-refractivity contribution in [1.82, 2.24) is 0 Å². The van der Waals surface area contributed by atoms with Gasteiger partial charge in [0.2, 0.25) is 0 Å². The SMILES string of the molecule is CC(C)CC(COC(=O)[C@@H](C)O)COC(=O)[C@@H](C)O. The van der Waals surface area contributed by atoms with Gasteiger partial charge in [-0.15, -0.1) is 0 Å². The van der Waals surface area contributed by atoms with Gasteiger partial charge in [0.05, 0.1) is 13.2 Å². The fourth-order valence-corrected chi connectivity index (χ4v) is 1.49. The molecule has 0 fully saturated rings. The minimum Gasteiger partial charge on any atom is -0.463 e. The summed E-state index contributed by atoms with van der Waals surface area (Å²) in [5.74, 6) is -1.20. The molecule has 6 nitrogen and oxygen atoms in total. The second-order valence-electron chi connectivity index (χ2n) is 5.11. The molecule has 0 bridgehead atoms. The van der Waals surface area contributed by atoms with E-state index in [0.29, 0.717) is 12.3 Å². The third-order valence-corrected chi connectivity index (χ3v) is 2.41. The number of ether oxygens (including phenoxy) is 2. The number of rotatable bonds is 8. The van der Waals surface area contributed by atoms with Gasteiger partial charge in [-0.25, -0.2) is 9.59 Å². The van der Waals surface area contributed by atoms with Crippen LogP contribution in [0.25, 0.3) is 0 Å². The number of carbonyl (C=O) groups excluding carboxylic acids is 2. The first-order chi connectivity index (χ1) is 8.73. The lowest BCUT2D eigenvalue weighted by Crippen LogP contribution is -2.28. The summed E-state index contributed by atoms with van der Waals surface area (Å²) in [5.41, 5.74) is 0. The molecule has 2 atom stereocenters. The van der Waals surface area contributed by atoms with Crippen LogP contribution >= 0.6 is 0 Å². The summed E-state index contributed by atoms with van der Waals surface area (Å²) >= 11 is 0. The Morgan fingerprint density at radius 1 is 0.895 bits per heavy atom. The first-order valence-corrected chi connectivity index (χ1v) is 6.43. The zero-order valence-corrected chi connectivity index (χ0v) is 12.0. The predicted octanol–water partition coefficient (Wildman–Crippen LogP) is 0.497. The Kier molecular flexibility index (Phi) is 8.34. The van der Waals surface area contributed by atoms with Crippen molar-refractivity contribution in [3.8, 4) is 0 Å². The summed E-state index contributed by atoms with van der Waals surface area (Å²) < 4.78 is 9.83. The minimum absolute atomic E-state index is 0.0784. The van der Waals surface area contributed by atoms with Crippen molar-refractivity contribution in [2.24, 2.45) is 11.8 Å². The van der Waals surface area contributed by atoms with Crippen molar-refractivity contribution in [2.75, 3.05) is 13.2 Å². The maximum atomic E-state index is 11.2. The zero-order valence-electron chi connectivity index (χ0n) is 12.0. The highest BCUT2D eigenvalue weighted by Gasteiger charge is 2.19. The van der Waals surface area contributed by atoms with Crippen molar-refractivity contribution in [3.63, 3.8) is 0 Å². The van der Waals surface area contributed by atoms with Gasteiger partial charge in [-0.3, -0.25) is 0 Å². The summed E-state index contributed by atoms with van der Waals surface area (Å²) in [6.07, 6.45) is -1.63. The average Bonchev–Trinajstić information content (AvgIpc) is 2.30. The highest BCUT2D eigenvalue weighted by Crippen LogP contribution is 2.13.